The minimum atomic E-state index is -0.317. The molecule has 0 aliphatic carbocycles. The topological polar surface area (TPSA) is 102 Å². The van der Waals surface area contributed by atoms with Crippen molar-refractivity contribution < 1.29 is 19.1 Å². The summed E-state index contributed by atoms with van der Waals surface area (Å²) >= 11 is 6.25. The first-order valence-electron chi connectivity index (χ1n) is 13.0. The van der Waals surface area contributed by atoms with E-state index in [0.717, 1.165) is 17.0 Å². The molecule has 1 saturated heterocycles. The number of rotatable bonds is 6. The van der Waals surface area contributed by atoms with Crippen LogP contribution in [-0.4, -0.2) is 76.7 Å². The number of urea groups is 1. The molecule has 2 aromatic heterocycles. The van der Waals surface area contributed by atoms with Gasteiger partial charge in [-0.2, -0.15) is 4.98 Å². The summed E-state index contributed by atoms with van der Waals surface area (Å²) in [7, 11) is 4.69. The number of ether oxygens (including phenoxy) is 2. The van der Waals surface area contributed by atoms with Gasteiger partial charge in [0.2, 0.25) is 5.88 Å². The number of halogens is 1. The highest BCUT2D eigenvalue weighted by molar-refractivity contribution is 6.30. The van der Waals surface area contributed by atoms with Crippen LogP contribution in [0.2, 0.25) is 5.02 Å². The number of nitrogens with one attached hydrogen (secondary N) is 1. The molecule has 1 unspecified atom stereocenters. The van der Waals surface area contributed by atoms with Crippen molar-refractivity contribution in [3.05, 3.63) is 58.4 Å². The van der Waals surface area contributed by atoms with Crippen LogP contribution in [0.3, 0.4) is 0 Å². The van der Waals surface area contributed by atoms with Crippen LogP contribution in [0.25, 0.3) is 11.3 Å². The predicted molar refractivity (Wildman–Crippen MR) is 147 cm³/mol. The monoisotopic (exact) mass is 552 g/mol. The zero-order valence-corrected chi connectivity index (χ0v) is 23.5. The highest BCUT2D eigenvalue weighted by Gasteiger charge is 2.46. The number of carbonyl (C=O) groups is 2. The Kier molecular flexibility index (Phi) is 7.40. The maximum absolute atomic E-state index is 14.2. The number of carbonyl (C=O) groups excluding carboxylic acids is 2. The molecule has 5 rings (SSSR count). The van der Waals surface area contributed by atoms with Gasteiger partial charge >= 0.3 is 12.0 Å². The second-order valence-electron chi connectivity index (χ2n) is 10.0. The third-order valence-corrected chi connectivity index (χ3v) is 7.77. The van der Waals surface area contributed by atoms with Crippen molar-refractivity contribution in [2.45, 2.75) is 44.8 Å². The van der Waals surface area contributed by atoms with E-state index >= 15 is 0 Å². The molecule has 206 valence electrons. The Hall–Kier alpha value is -3.79. The van der Waals surface area contributed by atoms with Crippen LogP contribution in [0, 0.1) is 0 Å². The van der Waals surface area contributed by atoms with E-state index in [-0.39, 0.29) is 36.1 Å². The maximum Gasteiger partial charge on any atom is 0.319 e. The molecule has 0 radical (unpaired) electrons. The molecule has 1 fully saturated rings. The van der Waals surface area contributed by atoms with E-state index in [1.807, 2.05) is 35.2 Å². The molecule has 2 aliphatic heterocycles. The van der Waals surface area contributed by atoms with Gasteiger partial charge in [-0.25, -0.2) is 9.78 Å². The van der Waals surface area contributed by atoms with Gasteiger partial charge in [0.25, 0.3) is 5.91 Å². The quantitative estimate of drug-likeness (QED) is 0.481. The van der Waals surface area contributed by atoms with Crippen LogP contribution < -0.4 is 14.8 Å². The second-order valence-corrected chi connectivity index (χ2v) is 10.4. The lowest BCUT2D eigenvalue weighted by Crippen LogP contribution is -2.50. The highest BCUT2D eigenvalue weighted by Crippen LogP contribution is 2.47. The molecule has 0 bridgehead atoms. The number of piperidine rings is 1. The molecule has 39 heavy (non-hydrogen) atoms. The van der Waals surface area contributed by atoms with E-state index < -0.39 is 0 Å². The van der Waals surface area contributed by atoms with Gasteiger partial charge in [0.1, 0.15) is 0 Å². The van der Waals surface area contributed by atoms with Gasteiger partial charge in [-0.1, -0.05) is 23.7 Å². The van der Waals surface area contributed by atoms with Crippen molar-refractivity contribution in [3.8, 4) is 23.1 Å². The number of methoxy groups -OCH3 is 2. The van der Waals surface area contributed by atoms with Crippen molar-refractivity contribution in [2.75, 3.05) is 34.4 Å². The van der Waals surface area contributed by atoms with Gasteiger partial charge in [-0.15, -0.1) is 0 Å². The Morgan fingerprint density at radius 1 is 1.10 bits per heavy atom. The first-order valence-corrected chi connectivity index (χ1v) is 13.4. The molecule has 1 aromatic carbocycles. The minimum Gasteiger partial charge on any atom is -0.480 e. The number of aromatic nitrogens is 3. The fourth-order valence-corrected chi connectivity index (χ4v) is 5.89. The number of likely N-dealkylation sites (tertiary alicyclic amines) is 1. The minimum absolute atomic E-state index is 0.0191. The van der Waals surface area contributed by atoms with E-state index in [2.05, 4.69) is 33.7 Å². The molecule has 2 aliphatic rings. The molecular formula is C28H33ClN6O4. The molecule has 10 nitrogen and oxygen atoms in total. The lowest BCUT2D eigenvalue weighted by Gasteiger charge is -2.40. The van der Waals surface area contributed by atoms with Crippen molar-refractivity contribution in [1.82, 2.24) is 29.7 Å². The molecule has 11 heteroatoms. The van der Waals surface area contributed by atoms with Crippen LogP contribution >= 0.6 is 11.6 Å². The Bertz CT molecular complexity index is 1380. The summed E-state index contributed by atoms with van der Waals surface area (Å²) in [6, 6.07) is 9.40. The van der Waals surface area contributed by atoms with Crippen LogP contribution in [0.1, 0.15) is 60.4 Å². The van der Waals surface area contributed by atoms with E-state index in [4.69, 9.17) is 21.1 Å². The predicted octanol–water partition coefficient (Wildman–Crippen LogP) is 4.55. The van der Waals surface area contributed by atoms with E-state index in [0.29, 0.717) is 48.0 Å². The molecule has 0 spiro atoms. The Balaban J connectivity index is 1.63. The van der Waals surface area contributed by atoms with E-state index in [1.54, 1.807) is 25.3 Å². The standard InChI is InChI=1S/C28H33ClN6O4/c1-16(2)34-22(21-15-31-27(39-5)32-25(21)38-4)14-20-24(34)23(17-6-8-18(29)9-7-17)35(26(20)36)19-10-12-33(13-11-19)28(37)30-3/h6-9,14-16,19,23H,10-13H2,1-5H3,(H,30,37). The normalized spacial score (nSPS) is 17.5. The molecule has 1 N–H and O–H groups in total. The molecule has 0 saturated carbocycles. The van der Waals surface area contributed by atoms with Crippen LogP contribution in [0.4, 0.5) is 4.79 Å². The summed E-state index contributed by atoms with van der Waals surface area (Å²) in [6.07, 6.45) is 3.06. The van der Waals surface area contributed by atoms with Crippen molar-refractivity contribution in [1.29, 1.82) is 0 Å². The van der Waals surface area contributed by atoms with Gasteiger partial charge in [-0.3, -0.25) is 4.79 Å². The summed E-state index contributed by atoms with van der Waals surface area (Å²) in [4.78, 5) is 38.9. The Morgan fingerprint density at radius 3 is 2.38 bits per heavy atom. The lowest BCUT2D eigenvalue weighted by molar-refractivity contribution is 0.0564. The largest absolute Gasteiger partial charge is 0.480 e. The molecule has 3 aromatic rings. The van der Waals surface area contributed by atoms with Crippen LogP contribution in [0.15, 0.2) is 36.5 Å². The number of hydrogen-bond acceptors (Lipinski definition) is 6. The third-order valence-electron chi connectivity index (χ3n) is 7.52. The summed E-state index contributed by atoms with van der Waals surface area (Å²) in [5.74, 6) is 0.339. The van der Waals surface area contributed by atoms with E-state index in [9.17, 15) is 9.59 Å². The molecular weight excluding hydrogens is 520 g/mol. The Labute approximate surface area is 232 Å². The summed E-state index contributed by atoms with van der Waals surface area (Å²) in [5.41, 5.74) is 4.01. The fraction of sp³-hybridized carbons (Fsp3) is 0.429. The van der Waals surface area contributed by atoms with Crippen molar-refractivity contribution >= 4 is 23.5 Å². The first-order chi connectivity index (χ1) is 18.8. The molecule has 1 atom stereocenters. The van der Waals surface area contributed by atoms with Crippen LogP contribution in [-0.2, 0) is 0 Å². The van der Waals surface area contributed by atoms with Gasteiger partial charge in [-0.05, 0) is 50.5 Å². The van der Waals surface area contributed by atoms with Crippen molar-refractivity contribution in [2.24, 2.45) is 0 Å². The van der Waals surface area contributed by atoms with Crippen molar-refractivity contribution in [3.63, 3.8) is 0 Å². The zero-order chi connectivity index (χ0) is 27.8. The average molecular weight is 553 g/mol. The number of amides is 3. The van der Waals surface area contributed by atoms with Gasteiger partial charge < -0.3 is 29.2 Å². The summed E-state index contributed by atoms with van der Waals surface area (Å²) in [6.45, 7) is 5.35. The fourth-order valence-electron chi connectivity index (χ4n) is 5.77. The second kappa shape index (κ2) is 10.8. The number of benzene rings is 1. The Morgan fingerprint density at radius 2 is 1.79 bits per heavy atom. The number of fused-ring (bicyclic) bond motifs is 1. The lowest BCUT2D eigenvalue weighted by atomic mass is 9.98. The van der Waals surface area contributed by atoms with E-state index in [1.165, 1.54) is 7.11 Å². The first kappa shape index (κ1) is 26.8. The van der Waals surface area contributed by atoms with Crippen LogP contribution in [0.5, 0.6) is 11.9 Å². The van der Waals surface area contributed by atoms with Gasteiger partial charge in [0, 0.05) is 43.4 Å². The molecule has 4 heterocycles. The summed E-state index contributed by atoms with van der Waals surface area (Å²) in [5, 5.41) is 3.33. The third kappa shape index (κ3) is 4.67. The number of hydrogen-bond donors (Lipinski definition) is 1. The summed E-state index contributed by atoms with van der Waals surface area (Å²) < 4.78 is 13.0. The highest BCUT2D eigenvalue weighted by atomic mass is 35.5. The average Bonchev–Trinajstić information content (AvgIpc) is 3.47. The molecule has 3 amide bonds. The smallest absolute Gasteiger partial charge is 0.319 e. The maximum atomic E-state index is 14.2. The SMILES string of the molecule is CNC(=O)N1CCC(N2C(=O)c3cc(-c4cnc(OC)nc4OC)n(C(C)C)c3C2c2ccc(Cl)cc2)CC1. The number of nitrogens with zero attached hydrogens (tertiary/aromatic N) is 5. The van der Waals surface area contributed by atoms with Gasteiger partial charge in [0.15, 0.2) is 0 Å². The van der Waals surface area contributed by atoms with Gasteiger partial charge in [0.05, 0.1) is 42.8 Å². The zero-order valence-electron chi connectivity index (χ0n) is 22.8.